The number of phenols is 1. The number of phenolic OH excluding ortho intramolecular Hbond substituents is 1. The number of phosphoric acid groups is 1. The highest BCUT2D eigenvalue weighted by molar-refractivity contribution is 7.46. The Morgan fingerprint density at radius 3 is 2.31 bits per heavy atom. The van der Waals surface area contributed by atoms with Crippen LogP contribution in [-0.4, -0.2) is 14.9 Å². The molecule has 0 aromatic heterocycles. The number of aromatic hydroxyl groups is 1. The van der Waals surface area contributed by atoms with Crippen LogP contribution < -0.4 is 4.52 Å². The summed E-state index contributed by atoms with van der Waals surface area (Å²) in [5.41, 5.74) is 1.12. The molecular weight excluding hydrogens is 231 g/mol. The van der Waals surface area contributed by atoms with Crippen molar-refractivity contribution in [2.45, 2.75) is 26.7 Å². The first-order valence-corrected chi connectivity index (χ1v) is 6.32. The molecule has 0 bridgehead atoms. The summed E-state index contributed by atoms with van der Waals surface area (Å²) in [6, 6.07) is 2.83. The molecule has 0 saturated heterocycles. The van der Waals surface area contributed by atoms with Crippen molar-refractivity contribution in [3.8, 4) is 11.5 Å². The summed E-state index contributed by atoms with van der Waals surface area (Å²) in [4.78, 5) is 17.4. The Morgan fingerprint density at radius 1 is 1.31 bits per heavy atom. The van der Waals surface area contributed by atoms with E-state index in [4.69, 9.17) is 9.79 Å². The summed E-state index contributed by atoms with van der Waals surface area (Å²) < 4.78 is 15.2. The van der Waals surface area contributed by atoms with Gasteiger partial charge in [-0.05, 0) is 30.5 Å². The maximum atomic E-state index is 10.7. The lowest BCUT2D eigenvalue weighted by Gasteiger charge is -2.14. The maximum Gasteiger partial charge on any atom is 0.524 e. The van der Waals surface area contributed by atoms with E-state index in [2.05, 4.69) is 4.52 Å². The van der Waals surface area contributed by atoms with Crippen LogP contribution in [0.25, 0.3) is 0 Å². The van der Waals surface area contributed by atoms with Gasteiger partial charge in [0, 0.05) is 5.56 Å². The first-order valence-electron chi connectivity index (χ1n) is 4.79. The van der Waals surface area contributed by atoms with Crippen molar-refractivity contribution < 1.29 is 24.0 Å². The molecule has 1 aromatic rings. The van der Waals surface area contributed by atoms with Gasteiger partial charge in [-0.3, -0.25) is 9.79 Å². The summed E-state index contributed by atoms with van der Waals surface area (Å²) >= 11 is 0. The smallest absolute Gasteiger partial charge is 0.507 e. The first kappa shape index (κ1) is 13.0. The van der Waals surface area contributed by atoms with Crippen LogP contribution in [0.15, 0.2) is 12.1 Å². The van der Waals surface area contributed by atoms with Gasteiger partial charge in [-0.2, -0.15) is 0 Å². The third-order valence-corrected chi connectivity index (χ3v) is 2.60. The molecule has 3 N–H and O–H groups in total. The van der Waals surface area contributed by atoms with Gasteiger partial charge in [-0.15, -0.1) is 0 Å². The van der Waals surface area contributed by atoms with Crippen LogP contribution in [0.5, 0.6) is 11.5 Å². The fourth-order valence-electron chi connectivity index (χ4n) is 1.40. The zero-order valence-electron chi connectivity index (χ0n) is 9.34. The van der Waals surface area contributed by atoms with E-state index in [-0.39, 0.29) is 17.4 Å². The van der Waals surface area contributed by atoms with Gasteiger partial charge in [0.05, 0.1) is 0 Å². The predicted molar refractivity (Wildman–Crippen MR) is 59.6 cm³/mol. The zero-order chi connectivity index (χ0) is 12.5. The minimum Gasteiger partial charge on any atom is -0.507 e. The molecule has 90 valence electrons. The molecule has 0 fully saturated rings. The Balaban J connectivity index is 3.19. The Hall–Kier alpha value is -1.03. The fourth-order valence-corrected chi connectivity index (χ4v) is 1.78. The molecule has 0 saturated carbocycles. The number of aryl methyl sites for hydroxylation is 1. The van der Waals surface area contributed by atoms with Gasteiger partial charge < -0.3 is 9.63 Å². The number of rotatable bonds is 3. The summed E-state index contributed by atoms with van der Waals surface area (Å²) in [5.74, 6) is 0.236. The van der Waals surface area contributed by atoms with E-state index in [9.17, 15) is 9.67 Å². The van der Waals surface area contributed by atoms with E-state index >= 15 is 0 Å². The van der Waals surface area contributed by atoms with E-state index in [1.165, 1.54) is 12.1 Å². The standard InChI is InChI=1S/C10H15O5P/c1-6(2)9-5-8(15-16(12,13)14)4-7(3)10(9)11/h4-6,11H,1-3H3,(H2,12,13,14). The van der Waals surface area contributed by atoms with Crippen LogP contribution in [0.1, 0.15) is 30.9 Å². The number of benzene rings is 1. The average molecular weight is 246 g/mol. The molecular formula is C10H15O5P. The number of hydrogen-bond donors (Lipinski definition) is 3. The van der Waals surface area contributed by atoms with Crippen molar-refractivity contribution in [3.63, 3.8) is 0 Å². The van der Waals surface area contributed by atoms with Crippen LogP contribution >= 0.6 is 7.82 Å². The molecule has 0 atom stereocenters. The lowest BCUT2D eigenvalue weighted by Crippen LogP contribution is -1.95. The molecule has 16 heavy (non-hydrogen) atoms. The van der Waals surface area contributed by atoms with Crippen molar-refractivity contribution in [3.05, 3.63) is 23.3 Å². The highest BCUT2D eigenvalue weighted by Gasteiger charge is 2.18. The fraction of sp³-hybridized carbons (Fsp3) is 0.400. The van der Waals surface area contributed by atoms with Gasteiger partial charge in [-0.25, -0.2) is 4.57 Å². The second kappa shape index (κ2) is 4.45. The van der Waals surface area contributed by atoms with Crippen LogP contribution in [0, 0.1) is 6.92 Å². The van der Waals surface area contributed by atoms with E-state index < -0.39 is 7.82 Å². The van der Waals surface area contributed by atoms with Gasteiger partial charge in [0.25, 0.3) is 0 Å². The Morgan fingerprint density at radius 2 is 1.88 bits per heavy atom. The molecule has 1 aromatic carbocycles. The summed E-state index contributed by atoms with van der Waals surface area (Å²) in [6.07, 6.45) is 0. The summed E-state index contributed by atoms with van der Waals surface area (Å²) in [7, 11) is -4.55. The molecule has 0 unspecified atom stereocenters. The molecule has 0 radical (unpaired) electrons. The molecule has 0 aliphatic rings. The van der Waals surface area contributed by atoms with Crippen molar-refractivity contribution in [2.24, 2.45) is 0 Å². The quantitative estimate of drug-likeness (QED) is 0.712. The van der Waals surface area contributed by atoms with Crippen LogP contribution in [0.2, 0.25) is 0 Å². The molecule has 5 nitrogen and oxygen atoms in total. The van der Waals surface area contributed by atoms with Gasteiger partial charge >= 0.3 is 7.82 Å². The summed E-state index contributed by atoms with van der Waals surface area (Å²) in [5, 5.41) is 9.74. The summed E-state index contributed by atoms with van der Waals surface area (Å²) in [6.45, 7) is 5.39. The molecule has 0 amide bonds. The minimum atomic E-state index is -4.55. The molecule has 0 heterocycles. The maximum absolute atomic E-state index is 10.7. The zero-order valence-corrected chi connectivity index (χ0v) is 10.2. The predicted octanol–water partition coefficient (Wildman–Crippen LogP) is 2.30. The lowest BCUT2D eigenvalue weighted by atomic mass is 9.99. The van der Waals surface area contributed by atoms with Gasteiger partial charge in [-0.1, -0.05) is 13.8 Å². The highest BCUT2D eigenvalue weighted by Crippen LogP contribution is 2.41. The van der Waals surface area contributed by atoms with Gasteiger partial charge in [0.1, 0.15) is 11.5 Å². The van der Waals surface area contributed by atoms with E-state index in [1.807, 2.05) is 13.8 Å². The van der Waals surface area contributed by atoms with Crippen molar-refractivity contribution in [1.82, 2.24) is 0 Å². The molecule has 0 aliphatic heterocycles. The second-order valence-corrected chi connectivity index (χ2v) is 5.08. The van der Waals surface area contributed by atoms with Crippen LogP contribution in [-0.2, 0) is 4.57 Å². The van der Waals surface area contributed by atoms with Gasteiger partial charge in [0.2, 0.25) is 0 Å². The van der Waals surface area contributed by atoms with Crippen molar-refractivity contribution in [2.75, 3.05) is 0 Å². The Labute approximate surface area is 93.9 Å². The third kappa shape index (κ3) is 3.23. The largest absolute Gasteiger partial charge is 0.524 e. The normalized spacial score (nSPS) is 11.9. The van der Waals surface area contributed by atoms with E-state index in [0.717, 1.165) is 0 Å². The molecule has 0 aliphatic carbocycles. The van der Waals surface area contributed by atoms with Crippen molar-refractivity contribution in [1.29, 1.82) is 0 Å². The number of phosphoric ester groups is 1. The number of hydrogen-bond acceptors (Lipinski definition) is 3. The first-order chi connectivity index (χ1) is 7.20. The SMILES string of the molecule is Cc1cc(OP(=O)(O)O)cc(C(C)C)c1O. The molecule has 6 heteroatoms. The van der Waals surface area contributed by atoms with E-state index in [0.29, 0.717) is 11.1 Å². The van der Waals surface area contributed by atoms with Crippen molar-refractivity contribution >= 4 is 7.82 Å². The lowest BCUT2D eigenvalue weighted by molar-refractivity contribution is 0.283. The second-order valence-electron chi connectivity index (χ2n) is 3.91. The third-order valence-electron chi connectivity index (χ3n) is 2.15. The van der Waals surface area contributed by atoms with E-state index in [1.54, 1.807) is 6.92 Å². The topological polar surface area (TPSA) is 87.0 Å². The Bertz CT molecular complexity index is 435. The van der Waals surface area contributed by atoms with Crippen LogP contribution in [0.3, 0.4) is 0 Å². The minimum absolute atomic E-state index is 0.0408. The monoisotopic (exact) mass is 246 g/mol. The highest BCUT2D eigenvalue weighted by atomic mass is 31.2. The average Bonchev–Trinajstić information content (AvgIpc) is 2.07. The molecule has 1 rings (SSSR count). The Kier molecular flexibility index (Phi) is 3.63. The van der Waals surface area contributed by atoms with Gasteiger partial charge in [0.15, 0.2) is 0 Å². The molecule has 0 spiro atoms. The van der Waals surface area contributed by atoms with Crippen LogP contribution in [0.4, 0.5) is 0 Å².